The summed E-state index contributed by atoms with van der Waals surface area (Å²) in [5, 5.41) is 10.5. The van der Waals surface area contributed by atoms with E-state index in [-0.39, 0.29) is 18.1 Å². The van der Waals surface area contributed by atoms with E-state index in [4.69, 9.17) is 11.6 Å². The molecule has 5 nitrogen and oxygen atoms in total. The summed E-state index contributed by atoms with van der Waals surface area (Å²) in [5.74, 6) is 0. The maximum Gasteiger partial charge on any atom is 0.319 e. The molecule has 1 atom stereocenters. The van der Waals surface area contributed by atoms with E-state index in [9.17, 15) is 4.79 Å². The lowest BCUT2D eigenvalue weighted by Crippen LogP contribution is -2.31. The van der Waals surface area contributed by atoms with Gasteiger partial charge in [-0.05, 0) is 38.5 Å². The highest BCUT2D eigenvalue weighted by atomic mass is 35.5. The molecule has 21 heavy (non-hydrogen) atoms. The third-order valence-corrected chi connectivity index (χ3v) is 3.32. The highest BCUT2D eigenvalue weighted by Crippen LogP contribution is 2.17. The van der Waals surface area contributed by atoms with Crippen LogP contribution in [0.15, 0.2) is 36.7 Å². The summed E-state index contributed by atoms with van der Waals surface area (Å²) >= 11 is 5.95. The molecule has 0 bridgehead atoms. The zero-order chi connectivity index (χ0) is 15.4. The minimum atomic E-state index is -0.272. The zero-order valence-electron chi connectivity index (χ0n) is 12.3. The van der Waals surface area contributed by atoms with Crippen LogP contribution in [0.1, 0.15) is 38.4 Å². The van der Waals surface area contributed by atoms with Crippen molar-refractivity contribution in [1.82, 2.24) is 15.1 Å². The van der Waals surface area contributed by atoms with Gasteiger partial charge in [0.25, 0.3) is 0 Å². The fourth-order valence-electron chi connectivity index (χ4n) is 1.91. The van der Waals surface area contributed by atoms with Crippen LogP contribution in [-0.4, -0.2) is 15.8 Å². The number of hydrogen-bond donors (Lipinski definition) is 2. The van der Waals surface area contributed by atoms with E-state index in [0.717, 1.165) is 5.56 Å². The first-order valence-corrected chi connectivity index (χ1v) is 7.20. The average molecular weight is 307 g/mol. The third kappa shape index (κ3) is 4.23. The Bertz CT molecular complexity index is 624. The van der Waals surface area contributed by atoms with Gasteiger partial charge in [0, 0.05) is 17.3 Å². The van der Waals surface area contributed by atoms with Gasteiger partial charge in [0.2, 0.25) is 0 Å². The molecule has 1 aromatic heterocycles. The van der Waals surface area contributed by atoms with Crippen LogP contribution in [0, 0.1) is 0 Å². The normalized spacial score (nSPS) is 12.2. The summed E-state index contributed by atoms with van der Waals surface area (Å²) in [5.41, 5.74) is 1.62. The lowest BCUT2D eigenvalue weighted by molar-refractivity contribution is 0.249. The van der Waals surface area contributed by atoms with Gasteiger partial charge < -0.3 is 10.6 Å². The molecule has 0 aliphatic rings. The van der Waals surface area contributed by atoms with Crippen molar-refractivity contribution in [2.45, 2.75) is 32.9 Å². The number of hydrogen-bond acceptors (Lipinski definition) is 2. The standard InChI is InChI=1S/C15H19ClN4O/c1-10(2)20-9-14(8-17-20)19-15(21)18-11(3)12-5-4-6-13(16)7-12/h4-11H,1-3H3,(H2,18,19,21)/t11-/m1/s1. The topological polar surface area (TPSA) is 59.0 Å². The van der Waals surface area contributed by atoms with Crippen molar-refractivity contribution in [1.29, 1.82) is 0 Å². The predicted molar refractivity (Wildman–Crippen MR) is 84.6 cm³/mol. The van der Waals surface area contributed by atoms with Crippen molar-refractivity contribution >= 4 is 23.3 Å². The molecule has 0 spiro atoms. The monoisotopic (exact) mass is 306 g/mol. The van der Waals surface area contributed by atoms with E-state index < -0.39 is 0 Å². The van der Waals surface area contributed by atoms with Crippen molar-refractivity contribution in [3.8, 4) is 0 Å². The Morgan fingerprint density at radius 2 is 2.10 bits per heavy atom. The Morgan fingerprint density at radius 3 is 2.71 bits per heavy atom. The van der Waals surface area contributed by atoms with E-state index in [1.807, 2.05) is 39.0 Å². The fourth-order valence-corrected chi connectivity index (χ4v) is 2.11. The largest absolute Gasteiger partial charge is 0.331 e. The van der Waals surface area contributed by atoms with E-state index in [2.05, 4.69) is 15.7 Å². The molecule has 2 amide bonds. The number of benzene rings is 1. The Hall–Kier alpha value is -2.01. The molecule has 6 heteroatoms. The van der Waals surface area contributed by atoms with Gasteiger partial charge in [0.05, 0.1) is 17.9 Å². The van der Waals surface area contributed by atoms with Crippen LogP contribution in [0.3, 0.4) is 0 Å². The van der Waals surface area contributed by atoms with Gasteiger partial charge in [-0.25, -0.2) is 4.79 Å². The van der Waals surface area contributed by atoms with Crippen molar-refractivity contribution in [2.75, 3.05) is 5.32 Å². The number of anilines is 1. The SMILES string of the molecule is CC(C)n1cc(NC(=O)N[C@H](C)c2cccc(Cl)c2)cn1. The van der Waals surface area contributed by atoms with Crippen LogP contribution in [0.2, 0.25) is 5.02 Å². The third-order valence-electron chi connectivity index (χ3n) is 3.08. The first kappa shape index (κ1) is 15.4. The smallest absolute Gasteiger partial charge is 0.319 e. The predicted octanol–water partition coefficient (Wildman–Crippen LogP) is 4.00. The summed E-state index contributed by atoms with van der Waals surface area (Å²) in [4.78, 5) is 12.0. The molecule has 0 fully saturated rings. The molecule has 0 aliphatic heterocycles. The summed E-state index contributed by atoms with van der Waals surface area (Å²) in [7, 11) is 0. The van der Waals surface area contributed by atoms with Gasteiger partial charge in [-0.3, -0.25) is 4.68 Å². The lowest BCUT2D eigenvalue weighted by Gasteiger charge is -2.14. The van der Waals surface area contributed by atoms with E-state index >= 15 is 0 Å². The second-order valence-corrected chi connectivity index (χ2v) is 5.61. The number of aromatic nitrogens is 2. The fraction of sp³-hybridized carbons (Fsp3) is 0.333. The minimum absolute atomic E-state index is 0.135. The Labute approximate surface area is 129 Å². The summed E-state index contributed by atoms with van der Waals surface area (Å²) < 4.78 is 1.79. The summed E-state index contributed by atoms with van der Waals surface area (Å²) in [6.45, 7) is 5.96. The van der Waals surface area contributed by atoms with Crippen LogP contribution in [0.25, 0.3) is 0 Å². The number of rotatable bonds is 4. The molecule has 2 aromatic rings. The molecule has 112 valence electrons. The molecular weight excluding hydrogens is 288 g/mol. The van der Waals surface area contributed by atoms with E-state index in [0.29, 0.717) is 10.7 Å². The number of carbonyl (C=O) groups excluding carboxylic acids is 1. The number of halogens is 1. The van der Waals surface area contributed by atoms with Crippen LogP contribution >= 0.6 is 11.6 Å². The first-order chi connectivity index (χ1) is 9.95. The summed E-state index contributed by atoms with van der Waals surface area (Å²) in [6, 6.07) is 7.28. The van der Waals surface area contributed by atoms with Crippen LogP contribution in [0.5, 0.6) is 0 Å². The Morgan fingerprint density at radius 1 is 1.33 bits per heavy atom. The van der Waals surface area contributed by atoms with Crippen molar-refractivity contribution < 1.29 is 4.79 Å². The van der Waals surface area contributed by atoms with Gasteiger partial charge in [-0.15, -0.1) is 0 Å². The van der Waals surface area contributed by atoms with Gasteiger partial charge >= 0.3 is 6.03 Å². The molecule has 2 rings (SSSR count). The Kier molecular flexibility index (Phi) is 4.85. The maximum absolute atomic E-state index is 12.0. The van der Waals surface area contributed by atoms with Crippen LogP contribution in [0.4, 0.5) is 10.5 Å². The van der Waals surface area contributed by atoms with E-state index in [1.54, 1.807) is 23.1 Å². The van der Waals surface area contributed by atoms with Gasteiger partial charge in [-0.2, -0.15) is 5.10 Å². The van der Waals surface area contributed by atoms with Crippen molar-refractivity contribution in [3.05, 3.63) is 47.2 Å². The lowest BCUT2D eigenvalue weighted by atomic mass is 10.1. The highest BCUT2D eigenvalue weighted by Gasteiger charge is 2.11. The number of carbonyl (C=O) groups is 1. The molecule has 0 saturated heterocycles. The average Bonchev–Trinajstić information content (AvgIpc) is 2.87. The molecule has 0 radical (unpaired) electrons. The van der Waals surface area contributed by atoms with Gasteiger partial charge in [0.15, 0.2) is 0 Å². The first-order valence-electron chi connectivity index (χ1n) is 6.83. The minimum Gasteiger partial charge on any atom is -0.331 e. The molecule has 0 aliphatic carbocycles. The molecule has 0 saturated carbocycles. The second kappa shape index (κ2) is 6.63. The summed E-state index contributed by atoms with van der Waals surface area (Å²) in [6.07, 6.45) is 3.43. The van der Waals surface area contributed by atoms with Crippen LogP contribution < -0.4 is 10.6 Å². The molecule has 1 heterocycles. The van der Waals surface area contributed by atoms with Gasteiger partial charge in [0.1, 0.15) is 0 Å². The number of amides is 2. The molecule has 2 N–H and O–H groups in total. The number of urea groups is 1. The van der Waals surface area contributed by atoms with Crippen molar-refractivity contribution in [2.24, 2.45) is 0 Å². The molecule has 1 aromatic carbocycles. The number of nitrogens with zero attached hydrogens (tertiary/aromatic N) is 2. The quantitative estimate of drug-likeness (QED) is 0.897. The maximum atomic E-state index is 12.0. The number of nitrogens with one attached hydrogen (secondary N) is 2. The zero-order valence-corrected chi connectivity index (χ0v) is 13.1. The Balaban J connectivity index is 1.94. The second-order valence-electron chi connectivity index (χ2n) is 5.18. The van der Waals surface area contributed by atoms with E-state index in [1.165, 1.54) is 0 Å². The van der Waals surface area contributed by atoms with Gasteiger partial charge in [-0.1, -0.05) is 23.7 Å². The highest BCUT2D eigenvalue weighted by molar-refractivity contribution is 6.30. The molecular formula is C15H19ClN4O. The van der Waals surface area contributed by atoms with Crippen LogP contribution in [-0.2, 0) is 0 Å². The van der Waals surface area contributed by atoms with Crippen molar-refractivity contribution in [3.63, 3.8) is 0 Å². The molecule has 0 unspecified atom stereocenters.